The molecule has 120 valence electrons. The summed E-state index contributed by atoms with van der Waals surface area (Å²) >= 11 is 0. The molecule has 0 amide bonds. The first-order chi connectivity index (χ1) is 9.60. The second kappa shape index (κ2) is 8.11. The van der Waals surface area contributed by atoms with E-state index in [1.54, 1.807) is 12.1 Å². The van der Waals surface area contributed by atoms with Crippen LogP contribution in [0.15, 0.2) is 24.3 Å². The van der Waals surface area contributed by atoms with Crippen molar-refractivity contribution in [3.63, 3.8) is 0 Å². The van der Waals surface area contributed by atoms with Crippen LogP contribution in [0, 0.1) is 5.82 Å². The molecule has 0 radical (unpaired) electrons. The van der Waals surface area contributed by atoms with E-state index in [0.29, 0.717) is 5.56 Å². The van der Waals surface area contributed by atoms with E-state index in [1.165, 1.54) is 12.1 Å². The summed E-state index contributed by atoms with van der Waals surface area (Å²) in [6.45, 7) is 4.41. The van der Waals surface area contributed by atoms with E-state index >= 15 is 0 Å². The van der Waals surface area contributed by atoms with Crippen molar-refractivity contribution in [1.29, 1.82) is 0 Å². The summed E-state index contributed by atoms with van der Waals surface area (Å²) in [6.07, 6.45) is 6.02. The zero-order chi connectivity index (χ0) is 14.6. The van der Waals surface area contributed by atoms with Gasteiger partial charge in [-0.15, -0.1) is 12.4 Å². The molecule has 2 atom stereocenters. The number of benzene rings is 1. The van der Waals surface area contributed by atoms with Crippen LogP contribution in [0.2, 0.25) is 0 Å². The molecule has 4 heteroatoms. The molecule has 2 N–H and O–H groups in total. The molecule has 1 aromatic carbocycles. The van der Waals surface area contributed by atoms with Crippen LogP contribution in [0.5, 0.6) is 0 Å². The van der Waals surface area contributed by atoms with Crippen molar-refractivity contribution in [3.8, 4) is 0 Å². The average molecular weight is 316 g/mol. The molecule has 1 saturated heterocycles. The smallest absolute Gasteiger partial charge is 0.123 e. The van der Waals surface area contributed by atoms with Gasteiger partial charge in [0.1, 0.15) is 5.82 Å². The molecule has 1 aliphatic heterocycles. The van der Waals surface area contributed by atoms with Gasteiger partial charge >= 0.3 is 0 Å². The van der Waals surface area contributed by atoms with Crippen LogP contribution < -0.4 is 5.32 Å². The first-order valence-electron chi connectivity index (χ1n) is 7.81. The first-order valence-corrected chi connectivity index (χ1v) is 7.81. The Hall–Kier alpha value is -0.640. The number of halogens is 2. The van der Waals surface area contributed by atoms with Crippen molar-refractivity contribution < 1.29 is 9.50 Å². The highest BCUT2D eigenvalue weighted by molar-refractivity contribution is 5.85. The normalized spacial score (nSPS) is 21.8. The molecule has 0 saturated carbocycles. The lowest BCUT2D eigenvalue weighted by Crippen LogP contribution is -2.44. The zero-order valence-corrected chi connectivity index (χ0v) is 13.8. The Balaban J connectivity index is 0.00000220. The minimum atomic E-state index is -0.624. The fraction of sp³-hybridized carbons (Fsp3) is 0.647. The van der Waals surface area contributed by atoms with Crippen LogP contribution in [0.1, 0.15) is 64.0 Å². The Morgan fingerprint density at radius 1 is 1.33 bits per heavy atom. The van der Waals surface area contributed by atoms with Crippen molar-refractivity contribution >= 4 is 12.4 Å². The van der Waals surface area contributed by atoms with Gasteiger partial charge in [-0.25, -0.2) is 4.39 Å². The van der Waals surface area contributed by atoms with E-state index in [0.717, 1.165) is 38.5 Å². The number of rotatable bonds is 6. The molecular formula is C17H27ClFNO. The topological polar surface area (TPSA) is 32.3 Å². The van der Waals surface area contributed by atoms with Gasteiger partial charge < -0.3 is 10.4 Å². The van der Waals surface area contributed by atoms with E-state index in [9.17, 15) is 9.50 Å². The Morgan fingerprint density at radius 2 is 2.00 bits per heavy atom. The van der Waals surface area contributed by atoms with Gasteiger partial charge in [-0.2, -0.15) is 0 Å². The number of aliphatic hydroxyl groups is 1. The Morgan fingerprint density at radius 3 is 2.57 bits per heavy atom. The standard InChI is InChI=1S/C17H26FNO.ClH/c1-3-9-17(10-4-2)11-8-15(19-17)16(20)13-6-5-7-14(18)12-13;/h5-7,12,15-16,19-20H,3-4,8-11H2,1-2H3;1H/t15?,16-;/m0./s1. The first kappa shape index (κ1) is 18.4. The van der Waals surface area contributed by atoms with Crippen LogP contribution in [0.4, 0.5) is 4.39 Å². The van der Waals surface area contributed by atoms with E-state index < -0.39 is 6.10 Å². The van der Waals surface area contributed by atoms with E-state index in [1.807, 2.05) is 0 Å². The molecule has 0 spiro atoms. The van der Waals surface area contributed by atoms with E-state index in [-0.39, 0.29) is 29.8 Å². The summed E-state index contributed by atoms with van der Waals surface area (Å²) < 4.78 is 13.3. The molecule has 1 unspecified atom stereocenters. The number of hydrogen-bond donors (Lipinski definition) is 2. The molecule has 0 bridgehead atoms. The quantitative estimate of drug-likeness (QED) is 0.817. The molecule has 0 aliphatic carbocycles. The van der Waals surface area contributed by atoms with Gasteiger partial charge in [0, 0.05) is 11.6 Å². The molecule has 1 aliphatic rings. The molecule has 0 aromatic heterocycles. The fourth-order valence-corrected chi connectivity index (χ4v) is 3.61. The third-order valence-corrected chi connectivity index (χ3v) is 4.45. The summed E-state index contributed by atoms with van der Waals surface area (Å²) in [4.78, 5) is 0. The number of nitrogens with one attached hydrogen (secondary N) is 1. The van der Waals surface area contributed by atoms with Crippen LogP contribution in [-0.2, 0) is 0 Å². The zero-order valence-electron chi connectivity index (χ0n) is 12.9. The van der Waals surface area contributed by atoms with Crippen LogP contribution in [0.3, 0.4) is 0 Å². The molecular weight excluding hydrogens is 289 g/mol. The largest absolute Gasteiger partial charge is 0.387 e. The minimum Gasteiger partial charge on any atom is -0.387 e. The predicted molar refractivity (Wildman–Crippen MR) is 87.3 cm³/mol. The lowest BCUT2D eigenvalue weighted by Gasteiger charge is -2.31. The second-order valence-electron chi connectivity index (χ2n) is 6.07. The molecule has 1 heterocycles. The summed E-state index contributed by atoms with van der Waals surface area (Å²) in [5, 5.41) is 14.1. The van der Waals surface area contributed by atoms with Crippen LogP contribution in [-0.4, -0.2) is 16.7 Å². The summed E-state index contributed by atoms with van der Waals surface area (Å²) in [6, 6.07) is 6.35. The van der Waals surface area contributed by atoms with Crippen molar-refractivity contribution in [2.45, 2.75) is 70.1 Å². The highest BCUT2D eigenvalue weighted by atomic mass is 35.5. The van der Waals surface area contributed by atoms with Crippen molar-refractivity contribution in [2.24, 2.45) is 0 Å². The number of aliphatic hydroxyl groups excluding tert-OH is 1. The lowest BCUT2D eigenvalue weighted by molar-refractivity contribution is 0.126. The highest BCUT2D eigenvalue weighted by Crippen LogP contribution is 2.36. The minimum absolute atomic E-state index is 0. The molecule has 2 rings (SSSR count). The van der Waals surface area contributed by atoms with Crippen molar-refractivity contribution in [2.75, 3.05) is 0 Å². The second-order valence-corrected chi connectivity index (χ2v) is 6.07. The Labute approximate surface area is 133 Å². The SMILES string of the molecule is CCCC1(CCC)CCC([C@@H](O)c2cccc(F)c2)N1.Cl. The summed E-state index contributed by atoms with van der Waals surface area (Å²) in [5.41, 5.74) is 0.842. The number of hydrogen-bond acceptors (Lipinski definition) is 2. The van der Waals surface area contributed by atoms with Crippen LogP contribution in [0.25, 0.3) is 0 Å². The monoisotopic (exact) mass is 315 g/mol. The van der Waals surface area contributed by atoms with Gasteiger partial charge in [0.05, 0.1) is 6.10 Å². The van der Waals surface area contributed by atoms with Gasteiger partial charge in [-0.1, -0.05) is 38.8 Å². The van der Waals surface area contributed by atoms with Gasteiger partial charge in [0.2, 0.25) is 0 Å². The van der Waals surface area contributed by atoms with Gasteiger partial charge in [0.25, 0.3) is 0 Å². The molecule has 1 fully saturated rings. The fourth-order valence-electron chi connectivity index (χ4n) is 3.61. The summed E-state index contributed by atoms with van der Waals surface area (Å²) in [5.74, 6) is -0.284. The Bertz CT molecular complexity index is 435. The predicted octanol–water partition coefficient (Wildman–Crippen LogP) is 4.37. The van der Waals surface area contributed by atoms with Gasteiger partial charge in [-0.05, 0) is 43.4 Å². The average Bonchev–Trinajstić information content (AvgIpc) is 2.83. The third-order valence-electron chi connectivity index (χ3n) is 4.45. The maximum atomic E-state index is 13.3. The van der Waals surface area contributed by atoms with Gasteiger partial charge in [0.15, 0.2) is 0 Å². The highest BCUT2D eigenvalue weighted by Gasteiger charge is 2.39. The Kier molecular flexibility index (Phi) is 7.11. The third kappa shape index (κ3) is 4.41. The molecule has 21 heavy (non-hydrogen) atoms. The summed E-state index contributed by atoms with van der Waals surface area (Å²) in [7, 11) is 0. The lowest BCUT2D eigenvalue weighted by atomic mass is 9.87. The van der Waals surface area contributed by atoms with Gasteiger partial charge in [-0.3, -0.25) is 0 Å². The van der Waals surface area contributed by atoms with E-state index in [4.69, 9.17) is 0 Å². The molecule has 1 aromatic rings. The van der Waals surface area contributed by atoms with Crippen LogP contribution >= 0.6 is 12.4 Å². The van der Waals surface area contributed by atoms with Crippen molar-refractivity contribution in [3.05, 3.63) is 35.6 Å². The maximum absolute atomic E-state index is 13.3. The van der Waals surface area contributed by atoms with Crippen molar-refractivity contribution in [1.82, 2.24) is 5.32 Å². The molecule has 2 nitrogen and oxygen atoms in total. The maximum Gasteiger partial charge on any atom is 0.123 e. The van der Waals surface area contributed by atoms with E-state index in [2.05, 4.69) is 19.2 Å².